The normalized spacial score (nSPS) is 12.3. The number of aliphatic hydroxyl groups excluding tert-OH is 1. The Morgan fingerprint density at radius 2 is 1.26 bits per heavy atom. The van der Waals surface area contributed by atoms with Gasteiger partial charge in [-0.15, -0.1) is 0 Å². The highest BCUT2D eigenvalue weighted by atomic mass is 32.2. The molecule has 0 saturated carbocycles. The smallest absolute Gasteiger partial charge is 0.306 e. The van der Waals surface area contributed by atoms with Crippen molar-refractivity contribution in [1.29, 1.82) is 0 Å². The Morgan fingerprint density at radius 1 is 0.717 bits per heavy atom. The highest BCUT2D eigenvalue weighted by Crippen LogP contribution is 2.15. The van der Waals surface area contributed by atoms with E-state index in [0.29, 0.717) is 57.1 Å². The summed E-state index contributed by atoms with van der Waals surface area (Å²) >= 11 is 1.42. The number of thioether (sulfide) groups is 1. The van der Waals surface area contributed by atoms with E-state index in [0.717, 1.165) is 49.8 Å². The molecular formula is C42H74N2O8S. The molecule has 0 radical (unpaired) electrons. The van der Waals surface area contributed by atoms with Crippen molar-refractivity contribution < 1.29 is 38.4 Å². The van der Waals surface area contributed by atoms with Gasteiger partial charge in [0.1, 0.15) is 25.1 Å². The van der Waals surface area contributed by atoms with E-state index in [-0.39, 0.29) is 31.1 Å². The van der Waals surface area contributed by atoms with Crippen LogP contribution in [0.4, 0.5) is 0 Å². The summed E-state index contributed by atoms with van der Waals surface area (Å²) in [5, 5.41) is 11.7. The van der Waals surface area contributed by atoms with Gasteiger partial charge in [-0.1, -0.05) is 129 Å². The fraction of sp³-hybridized carbons (Fsp3) is 0.786. The molecule has 306 valence electrons. The highest BCUT2D eigenvalue weighted by Gasteiger charge is 2.20. The third-order valence-corrected chi connectivity index (χ3v) is 10.2. The Labute approximate surface area is 325 Å². The minimum atomic E-state index is -0.726. The number of rotatable bonds is 37. The molecule has 0 bridgehead atoms. The number of ether oxygens (including phenoxy) is 4. The number of esters is 2. The van der Waals surface area contributed by atoms with Gasteiger partial charge in [0.05, 0.1) is 25.9 Å². The van der Waals surface area contributed by atoms with Crippen molar-refractivity contribution in [3.8, 4) is 5.75 Å². The second kappa shape index (κ2) is 35.4. The van der Waals surface area contributed by atoms with Gasteiger partial charge in [0.2, 0.25) is 5.91 Å². The molecule has 0 heterocycles. The Balaban J connectivity index is 2.42. The van der Waals surface area contributed by atoms with E-state index in [1.807, 2.05) is 24.3 Å². The molecule has 0 aliphatic carbocycles. The SMILES string of the molecule is CCCCCCCCCCCC(=O)OC[C@H](CSC[C@H](N)C(=O)NCCc1ccc(OCCOCCO)cc1)OC(=O)CCCCCCCCCCC. The summed E-state index contributed by atoms with van der Waals surface area (Å²) in [6, 6.07) is 6.93. The molecule has 10 nitrogen and oxygen atoms in total. The van der Waals surface area contributed by atoms with Crippen molar-refractivity contribution in [3.63, 3.8) is 0 Å². The predicted octanol–water partition coefficient (Wildman–Crippen LogP) is 8.09. The van der Waals surface area contributed by atoms with E-state index in [2.05, 4.69) is 19.2 Å². The van der Waals surface area contributed by atoms with E-state index in [9.17, 15) is 14.4 Å². The second-order valence-corrected chi connectivity index (χ2v) is 15.0. The van der Waals surface area contributed by atoms with Crippen molar-refractivity contribution in [2.45, 2.75) is 161 Å². The summed E-state index contributed by atoms with van der Waals surface area (Å²) in [6.45, 7) is 6.00. The fourth-order valence-corrected chi connectivity index (χ4v) is 6.75. The number of hydrogen-bond donors (Lipinski definition) is 3. The first-order valence-corrected chi connectivity index (χ1v) is 21.9. The molecule has 0 unspecified atom stereocenters. The van der Waals surface area contributed by atoms with E-state index < -0.39 is 12.1 Å². The molecule has 0 aliphatic rings. The Bertz CT molecular complexity index is 1030. The van der Waals surface area contributed by atoms with Gasteiger partial charge in [-0.25, -0.2) is 0 Å². The zero-order chi connectivity index (χ0) is 38.6. The van der Waals surface area contributed by atoms with Crippen LogP contribution in [0.3, 0.4) is 0 Å². The molecular weight excluding hydrogens is 693 g/mol. The second-order valence-electron chi connectivity index (χ2n) is 14.0. The van der Waals surface area contributed by atoms with Crippen molar-refractivity contribution in [1.82, 2.24) is 5.32 Å². The lowest BCUT2D eigenvalue weighted by molar-refractivity contribution is -0.157. The highest BCUT2D eigenvalue weighted by molar-refractivity contribution is 7.99. The van der Waals surface area contributed by atoms with Crippen LogP contribution in [0.5, 0.6) is 5.75 Å². The number of aliphatic hydroxyl groups is 1. The van der Waals surface area contributed by atoms with Gasteiger partial charge in [0.25, 0.3) is 0 Å². The Morgan fingerprint density at radius 3 is 1.83 bits per heavy atom. The van der Waals surface area contributed by atoms with Gasteiger partial charge in [-0.2, -0.15) is 11.8 Å². The maximum absolute atomic E-state index is 12.7. The van der Waals surface area contributed by atoms with Crippen molar-refractivity contribution >= 4 is 29.6 Å². The first-order valence-electron chi connectivity index (χ1n) is 20.8. The number of unbranched alkanes of at least 4 members (excludes halogenated alkanes) is 16. The molecule has 53 heavy (non-hydrogen) atoms. The average Bonchev–Trinajstić information content (AvgIpc) is 3.16. The number of benzene rings is 1. The van der Waals surface area contributed by atoms with Gasteiger partial charge >= 0.3 is 11.9 Å². The summed E-state index contributed by atoms with van der Waals surface area (Å²) in [5.41, 5.74) is 7.25. The van der Waals surface area contributed by atoms with Gasteiger partial charge in [0.15, 0.2) is 0 Å². The lowest BCUT2D eigenvalue weighted by Crippen LogP contribution is -2.43. The van der Waals surface area contributed by atoms with Gasteiger partial charge < -0.3 is 35.1 Å². The maximum atomic E-state index is 12.7. The Hall–Kier alpha value is -2.34. The largest absolute Gasteiger partial charge is 0.491 e. The summed E-state index contributed by atoms with van der Waals surface area (Å²) in [4.78, 5) is 37.9. The number of amides is 1. The monoisotopic (exact) mass is 767 g/mol. The fourth-order valence-electron chi connectivity index (χ4n) is 5.78. The third-order valence-electron chi connectivity index (χ3n) is 9.00. The van der Waals surface area contributed by atoms with Crippen LogP contribution in [0.1, 0.15) is 148 Å². The quantitative estimate of drug-likeness (QED) is 0.0449. The standard InChI is InChI=1S/C42H74N2O8S/c1-3-5-7-9-11-13-15-17-19-21-40(46)51-33-38(52-41(47)22-20-18-16-14-12-10-8-6-4-2)34-53-35-39(43)42(48)44-28-27-36-23-25-37(26-24-36)50-32-31-49-30-29-45/h23-26,38-39,45H,3-22,27-35,43H2,1-2H3,(H,44,48)/t38-,39+/m1/s1. The number of nitrogens with two attached hydrogens (primary N) is 1. The summed E-state index contributed by atoms with van der Waals surface area (Å²) in [7, 11) is 0. The molecule has 0 aromatic heterocycles. The summed E-state index contributed by atoms with van der Waals surface area (Å²) < 4.78 is 22.1. The van der Waals surface area contributed by atoms with Gasteiger partial charge in [-0.3, -0.25) is 14.4 Å². The molecule has 1 aromatic rings. The average molecular weight is 767 g/mol. The minimum Gasteiger partial charge on any atom is -0.491 e. The van der Waals surface area contributed by atoms with Crippen LogP contribution >= 0.6 is 11.8 Å². The van der Waals surface area contributed by atoms with Crippen LogP contribution in [0, 0.1) is 0 Å². The van der Waals surface area contributed by atoms with Gasteiger partial charge in [0, 0.05) is 30.9 Å². The zero-order valence-electron chi connectivity index (χ0n) is 33.3. The van der Waals surface area contributed by atoms with Crippen molar-refractivity contribution in [3.05, 3.63) is 29.8 Å². The lowest BCUT2D eigenvalue weighted by Gasteiger charge is -2.19. The summed E-state index contributed by atoms with van der Waals surface area (Å²) in [6.07, 6.45) is 21.9. The maximum Gasteiger partial charge on any atom is 0.306 e. The Kier molecular flexibility index (Phi) is 32.5. The minimum absolute atomic E-state index is 0.00944. The lowest BCUT2D eigenvalue weighted by atomic mass is 10.1. The number of hydrogen-bond acceptors (Lipinski definition) is 10. The number of carbonyl (C=O) groups excluding carboxylic acids is 3. The van der Waals surface area contributed by atoms with E-state index >= 15 is 0 Å². The third kappa shape index (κ3) is 29.7. The number of carbonyl (C=O) groups is 3. The molecule has 0 fully saturated rings. The molecule has 4 N–H and O–H groups in total. The number of nitrogens with one attached hydrogen (secondary N) is 1. The molecule has 1 aromatic carbocycles. The molecule has 1 rings (SSSR count). The van der Waals surface area contributed by atoms with E-state index in [4.69, 9.17) is 29.8 Å². The van der Waals surface area contributed by atoms with Crippen molar-refractivity contribution in [2.24, 2.45) is 5.73 Å². The first kappa shape index (κ1) is 48.7. The predicted molar refractivity (Wildman–Crippen MR) is 216 cm³/mol. The van der Waals surface area contributed by atoms with Crippen molar-refractivity contribution in [2.75, 3.05) is 51.1 Å². The van der Waals surface area contributed by atoms with Crippen LogP contribution in [-0.2, 0) is 35.0 Å². The van der Waals surface area contributed by atoms with Crippen LogP contribution in [-0.4, -0.2) is 86.2 Å². The molecule has 2 atom stereocenters. The van der Waals surface area contributed by atoms with Crippen LogP contribution in [0.25, 0.3) is 0 Å². The van der Waals surface area contributed by atoms with Crippen LogP contribution in [0.2, 0.25) is 0 Å². The molecule has 11 heteroatoms. The summed E-state index contributed by atoms with van der Waals surface area (Å²) in [5.74, 6) is 0.676. The zero-order valence-corrected chi connectivity index (χ0v) is 34.1. The van der Waals surface area contributed by atoms with E-state index in [1.54, 1.807) is 0 Å². The first-order chi connectivity index (χ1) is 25.9. The van der Waals surface area contributed by atoms with Gasteiger partial charge in [-0.05, 0) is 37.0 Å². The molecule has 1 amide bonds. The van der Waals surface area contributed by atoms with Crippen LogP contribution in [0.15, 0.2) is 24.3 Å². The van der Waals surface area contributed by atoms with E-state index in [1.165, 1.54) is 88.8 Å². The van der Waals surface area contributed by atoms with Crippen LogP contribution < -0.4 is 15.8 Å². The molecule has 0 saturated heterocycles. The molecule has 0 spiro atoms. The topological polar surface area (TPSA) is 146 Å². The molecule has 0 aliphatic heterocycles.